The monoisotopic (exact) mass is 263 g/mol. The predicted octanol–water partition coefficient (Wildman–Crippen LogP) is 0.800. The number of amides is 2. The Balaban J connectivity index is 2.77. The number of nitrogens with two attached hydrogens (primary N) is 2. The molecular weight excluding hydrogens is 242 g/mol. The third-order valence-electron chi connectivity index (χ3n) is 2.86. The van der Waals surface area contributed by atoms with E-state index in [1.54, 1.807) is 12.1 Å². The molecule has 0 aliphatic heterocycles. The van der Waals surface area contributed by atoms with Crippen LogP contribution in [0, 0.1) is 0 Å². The van der Waals surface area contributed by atoms with Crippen LogP contribution < -0.4 is 11.5 Å². The SMILES string of the molecule is CCCCN(CC(N)=O)C(=O)[C@H](N)c1ccccc1. The fourth-order valence-electron chi connectivity index (χ4n) is 1.80. The molecule has 0 aliphatic carbocycles. The molecule has 1 aromatic carbocycles. The maximum absolute atomic E-state index is 12.3. The third kappa shape index (κ3) is 4.71. The van der Waals surface area contributed by atoms with Crippen LogP contribution >= 0.6 is 0 Å². The maximum Gasteiger partial charge on any atom is 0.244 e. The predicted molar refractivity (Wildman–Crippen MR) is 74.1 cm³/mol. The van der Waals surface area contributed by atoms with Crippen molar-refractivity contribution in [1.29, 1.82) is 0 Å². The minimum atomic E-state index is -0.752. The molecule has 0 radical (unpaired) electrons. The molecule has 5 nitrogen and oxygen atoms in total. The van der Waals surface area contributed by atoms with Crippen LogP contribution in [0.5, 0.6) is 0 Å². The van der Waals surface area contributed by atoms with Crippen LogP contribution in [-0.4, -0.2) is 29.8 Å². The highest BCUT2D eigenvalue weighted by atomic mass is 16.2. The molecule has 0 bridgehead atoms. The molecule has 0 aromatic heterocycles. The Hall–Kier alpha value is -1.88. The molecule has 2 amide bonds. The van der Waals surface area contributed by atoms with E-state index in [4.69, 9.17) is 11.5 Å². The molecule has 0 aliphatic rings. The Labute approximate surface area is 113 Å². The number of primary amides is 1. The zero-order chi connectivity index (χ0) is 14.3. The van der Waals surface area contributed by atoms with Crippen LogP contribution in [0.15, 0.2) is 30.3 Å². The molecule has 0 saturated carbocycles. The van der Waals surface area contributed by atoms with Crippen molar-refractivity contribution in [2.45, 2.75) is 25.8 Å². The molecule has 0 unspecified atom stereocenters. The fraction of sp³-hybridized carbons (Fsp3) is 0.429. The lowest BCUT2D eigenvalue weighted by molar-refractivity contribution is -0.136. The molecule has 0 saturated heterocycles. The van der Waals surface area contributed by atoms with Gasteiger partial charge in [0.25, 0.3) is 0 Å². The number of benzene rings is 1. The van der Waals surface area contributed by atoms with Gasteiger partial charge in [-0.3, -0.25) is 9.59 Å². The quantitative estimate of drug-likeness (QED) is 0.762. The summed E-state index contributed by atoms with van der Waals surface area (Å²) in [5, 5.41) is 0. The molecule has 104 valence electrons. The molecule has 19 heavy (non-hydrogen) atoms. The highest BCUT2D eigenvalue weighted by Gasteiger charge is 2.23. The summed E-state index contributed by atoms with van der Waals surface area (Å²) in [5.41, 5.74) is 11.8. The Bertz CT molecular complexity index is 420. The van der Waals surface area contributed by atoms with Crippen molar-refractivity contribution < 1.29 is 9.59 Å². The summed E-state index contributed by atoms with van der Waals surface area (Å²) in [4.78, 5) is 24.7. The van der Waals surface area contributed by atoms with Crippen molar-refractivity contribution in [1.82, 2.24) is 4.90 Å². The van der Waals surface area contributed by atoms with E-state index in [-0.39, 0.29) is 12.5 Å². The summed E-state index contributed by atoms with van der Waals surface area (Å²) in [6.45, 7) is 2.43. The highest BCUT2D eigenvalue weighted by Crippen LogP contribution is 2.13. The van der Waals surface area contributed by atoms with E-state index in [0.29, 0.717) is 6.54 Å². The van der Waals surface area contributed by atoms with Gasteiger partial charge in [-0.1, -0.05) is 43.7 Å². The summed E-state index contributed by atoms with van der Waals surface area (Å²) in [5.74, 6) is -0.789. The van der Waals surface area contributed by atoms with Crippen LogP contribution in [0.4, 0.5) is 0 Å². The topological polar surface area (TPSA) is 89.4 Å². The smallest absolute Gasteiger partial charge is 0.244 e. The molecular formula is C14H21N3O2. The van der Waals surface area contributed by atoms with Crippen LogP contribution in [-0.2, 0) is 9.59 Å². The largest absolute Gasteiger partial charge is 0.368 e. The molecule has 1 atom stereocenters. The van der Waals surface area contributed by atoms with E-state index in [9.17, 15) is 9.59 Å². The second-order valence-electron chi connectivity index (χ2n) is 4.47. The lowest BCUT2D eigenvalue weighted by Crippen LogP contribution is -2.43. The number of hydrogen-bond acceptors (Lipinski definition) is 3. The Morgan fingerprint density at radius 1 is 1.26 bits per heavy atom. The van der Waals surface area contributed by atoms with Gasteiger partial charge >= 0.3 is 0 Å². The van der Waals surface area contributed by atoms with E-state index in [1.165, 1.54) is 4.90 Å². The van der Waals surface area contributed by atoms with E-state index >= 15 is 0 Å². The van der Waals surface area contributed by atoms with Crippen LogP contribution in [0.3, 0.4) is 0 Å². The van der Waals surface area contributed by atoms with Gasteiger partial charge < -0.3 is 16.4 Å². The molecule has 1 aromatic rings. The van der Waals surface area contributed by atoms with Gasteiger partial charge in [0.05, 0.1) is 6.54 Å². The van der Waals surface area contributed by atoms with E-state index in [0.717, 1.165) is 18.4 Å². The normalized spacial score (nSPS) is 11.9. The lowest BCUT2D eigenvalue weighted by Gasteiger charge is -2.24. The van der Waals surface area contributed by atoms with Crippen molar-refractivity contribution in [3.05, 3.63) is 35.9 Å². The summed E-state index contributed by atoms with van der Waals surface area (Å²) < 4.78 is 0. The molecule has 0 spiro atoms. The summed E-state index contributed by atoms with van der Waals surface area (Å²) >= 11 is 0. The lowest BCUT2D eigenvalue weighted by atomic mass is 10.1. The van der Waals surface area contributed by atoms with Crippen molar-refractivity contribution in [3.63, 3.8) is 0 Å². The molecule has 1 rings (SSSR count). The van der Waals surface area contributed by atoms with Gasteiger partial charge in [-0.25, -0.2) is 0 Å². The third-order valence-corrected chi connectivity index (χ3v) is 2.86. The Morgan fingerprint density at radius 3 is 2.42 bits per heavy atom. The van der Waals surface area contributed by atoms with E-state index in [2.05, 4.69) is 0 Å². The first-order chi connectivity index (χ1) is 9.06. The second kappa shape index (κ2) is 7.53. The van der Waals surface area contributed by atoms with Crippen LogP contribution in [0.1, 0.15) is 31.4 Å². The average molecular weight is 263 g/mol. The standard InChI is InChI=1S/C14H21N3O2/c1-2-3-9-17(10-12(15)18)14(19)13(16)11-7-5-4-6-8-11/h4-8,13H,2-3,9-10,16H2,1H3,(H2,15,18)/t13-/m1/s1. The first-order valence-corrected chi connectivity index (χ1v) is 6.44. The fourth-order valence-corrected chi connectivity index (χ4v) is 1.80. The first-order valence-electron chi connectivity index (χ1n) is 6.44. The first kappa shape index (κ1) is 15.2. The van der Waals surface area contributed by atoms with Gasteiger partial charge in [-0.2, -0.15) is 0 Å². The summed E-state index contributed by atoms with van der Waals surface area (Å²) in [6, 6.07) is 8.35. The van der Waals surface area contributed by atoms with Gasteiger partial charge in [0.15, 0.2) is 0 Å². The summed E-state index contributed by atoms with van der Waals surface area (Å²) in [6.07, 6.45) is 1.75. The van der Waals surface area contributed by atoms with Crippen molar-refractivity contribution >= 4 is 11.8 Å². The number of hydrogen-bond donors (Lipinski definition) is 2. The number of nitrogens with zero attached hydrogens (tertiary/aromatic N) is 1. The van der Waals surface area contributed by atoms with Crippen LogP contribution in [0.2, 0.25) is 0 Å². The maximum atomic E-state index is 12.3. The van der Waals surface area contributed by atoms with Crippen molar-refractivity contribution in [2.75, 3.05) is 13.1 Å². The Morgan fingerprint density at radius 2 is 1.89 bits per heavy atom. The van der Waals surface area contributed by atoms with E-state index in [1.807, 2.05) is 25.1 Å². The highest BCUT2D eigenvalue weighted by molar-refractivity contribution is 5.87. The minimum absolute atomic E-state index is 0.0840. The van der Waals surface area contributed by atoms with Gasteiger partial charge in [-0.15, -0.1) is 0 Å². The van der Waals surface area contributed by atoms with Gasteiger partial charge in [0, 0.05) is 6.54 Å². The second-order valence-corrected chi connectivity index (χ2v) is 4.47. The van der Waals surface area contributed by atoms with Gasteiger partial charge in [-0.05, 0) is 12.0 Å². The Kier molecular flexibility index (Phi) is 6.02. The molecule has 0 fully saturated rings. The zero-order valence-corrected chi connectivity index (χ0v) is 11.2. The van der Waals surface area contributed by atoms with Gasteiger partial charge in [0.2, 0.25) is 11.8 Å². The molecule has 0 heterocycles. The van der Waals surface area contributed by atoms with E-state index < -0.39 is 11.9 Å². The zero-order valence-electron chi connectivity index (χ0n) is 11.2. The average Bonchev–Trinajstić information content (AvgIpc) is 2.42. The minimum Gasteiger partial charge on any atom is -0.368 e. The summed E-state index contributed by atoms with van der Waals surface area (Å²) in [7, 11) is 0. The number of carbonyl (C=O) groups is 2. The number of rotatable bonds is 7. The van der Waals surface area contributed by atoms with Crippen LogP contribution in [0.25, 0.3) is 0 Å². The van der Waals surface area contributed by atoms with Gasteiger partial charge in [0.1, 0.15) is 6.04 Å². The molecule has 4 N–H and O–H groups in total. The van der Waals surface area contributed by atoms with Crippen molar-refractivity contribution in [2.24, 2.45) is 11.5 Å². The number of carbonyl (C=O) groups excluding carboxylic acids is 2. The van der Waals surface area contributed by atoms with Crippen molar-refractivity contribution in [3.8, 4) is 0 Å². The number of unbranched alkanes of at least 4 members (excludes halogenated alkanes) is 1. The molecule has 5 heteroatoms.